The number of nitrogens with one attached hydrogen (secondary N) is 2. The van der Waals surface area contributed by atoms with Crippen molar-refractivity contribution in [3.63, 3.8) is 0 Å². The molecule has 100 valence electrons. The van der Waals surface area contributed by atoms with Crippen molar-refractivity contribution in [3.8, 4) is 0 Å². The molecule has 1 unspecified atom stereocenters. The lowest BCUT2D eigenvalue weighted by Crippen LogP contribution is -2.29. The third kappa shape index (κ3) is 4.41. The van der Waals surface area contributed by atoms with Gasteiger partial charge < -0.3 is 10.6 Å². The highest BCUT2D eigenvalue weighted by molar-refractivity contribution is 5.91. The Morgan fingerprint density at radius 2 is 1.94 bits per heavy atom. The number of carbonyl (C=O) groups is 1. The minimum absolute atomic E-state index is 0.179. The van der Waals surface area contributed by atoms with Gasteiger partial charge in [0, 0.05) is 19.0 Å². The van der Waals surface area contributed by atoms with Crippen molar-refractivity contribution in [2.75, 3.05) is 11.9 Å². The van der Waals surface area contributed by atoms with Crippen LogP contribution in [0.4, 0.5) is 14.5 Å². The first kappa shape index (κ1) is 14.6. The van der Waals surface area contributed by atoms with Gasteiger partial charge in [-0.25, -0.2) is 8.78 Å². The van der Waals surface area contributed by atoms with Gasteiger partial charge in [0.05, 0.1) is 0 Å². The molecule has 2 N–H and O–H groups in total. The van der Waals surface area contributed by atoms with Gasteiger partial charge in [0.25, 0.3) is 0 Å². The van der Waals surface area contributed by atoms with Gasteiger partial charge in [0.15, 0.2) is 0 Å². The third-order valence-corrected chi connectivity index (χ3v) is 2.68. The Kier molecular flexibility index (Phi) is 5.71. The van der Waals surface area contributed by atoms with Crippen LogP contribution < -0.4 is 10.6 Å². The van der Waals surface area contributed by atoms with Crippen LogP contribution in [0, 0.1) is 11.6 Å². The number of benzene rings is 1. The van der Waals surface area contributed by atoms with Crippen molar-refractivity contribution in [3.05, 3.63) is 29.8 Å². The van der Waals surface area contributed by atoms with E-state index in [4.69, 9.17) is 0 Å². The highest BCUT2D eigenvalue weighted by Gasteiger charge is 2.11. The Labute approximate surface area is 106 Å². The summed E-state index contributed by atoms with van der Waals surface area (Å²) in [6.07, 6.45) is 1.14. The van der Waals surface area contributed by atoms with E-state index in [-0.39, 0.29) is 12.1 Å². The number of halogens is 2. The normalized spacial score (nSPS) is 12.2. The number of amides is 1. The number of hydrogen-bond acceptors (Lipinski definition) is 2. The molecule has 0 fully saturated rings. The maximum Gasteiger partial charge on any atom is 0.225 e. The summed E-state index contributed by atoms with van der Waals surface area (Å²) < 4.78 is 26.5. The van der Waals surface area contributed by atoms with Crippen LogP contribution in [-0.2, 0) is 4.79 Å². The van der Waals surface area contributed by atoms with Crippen LogP contribution in [0.5, 0.6) is 0 Å². The van der Waals surface area contributed by atoms with E-state index >= 15 is 0 Å². The lowest BCUT2D eigenvalue weighted by atomic mass is 10.2. The molecule has 1 aromatic rings. The zero-order valence-corrected chi connectivity index (χ0v) is 10.6. The quantitative estimate of drug-likeness (QED) is 0.821. The summed E-state index contributed by atoms with van der Waals surface area (Å²) in [7, 11) is 0. The summed E-state index contributed by atoms with van der Waals surface area (Å²) in [5.41, 5.74) is -0.383. The average Bonchev–Trinajstić information content (AvgIpc) is 2.34. The number of rotatable bonds is 6. The highest BCUT2D eigenvalue weighted by Crippen LogP contribution is 2.17. The van der Waals surface area contributed by atoms with Crippen molar-refractivity contribution >= 4 is 11.6 Å². The Bertz CT molecular complexity index is 390. The topological polar surface area (TPSA) is 41.1 Å². The molecule has 18 heavy (non-hydrogen) atoms. The van der Waals surface area contributed by atoms with E-state index in [9.17, 15) is 13.6 Å². The number of carbonyl (C=O) groups excluding carboxylic acids is 1. The molecule has 0 aliphatic heterocycles. The van der Waals surface area contributed by atoms with E-state index in [0.29, 0.717) is 12.6 Å². The van der Waals surface area contributed by atoms with E-state index in [1.807, 2.05) is 13.8 Å². The highest BCUT2D eigenvalue weighted by atomic mass is 19.1. The average molecular weight is 256 g/mol. The maximum atomic E-state index is 13.2. The molecule has 0 aliphatic carbocycles. The molecule has 0 spiro atoms. The van der Waals surface area contributed by atoms with Gasteiger partial charge in [-0.3, -0.25) is 4.79 Å². The van der Waals surface area contributed by atoms with Crippen molar-refractivity contribution in [2.45, 2.75) is 32.7 Å². The van der Waals surface area contributed by atoms with Gasteiger partial charge in [-0.1, -0.05) is 13.0 Å². The van der Waals surface area contributed by atoms with Crippen LogP contribution in [0.3, 0.4) is 0 Å². The minimum atomic E-state index is -0.766. The molecule has 0 saturated heterocycles. The van der Waals surface area contributed by atoms with Gasteiger partial charge in [-0.2, -0.15) is 0 Å². The molecule has 0 aliphatic rings. The first-order chi connectivity index (χ1) is 8.54. The van der Waals surface area contributed by atoms with E-state index in [1.54, 1.807) is 0 Å². The summed E-state index contributed by atoms with van der Waals surface area (Å²) in [5, 5.41) is 5.37. The molecule has 1 amide bonds. The zero-order chi connectivity index (χ0) is 13.5. The van der Waals surface area contributed by atoms with Crippen LogP contribution in [-0.4, -0.2) is 18.5 Å². The predicted molar refractivity (Wildman–Crippen MR) is 67.4 cm³/mol. The molecule has 1 rings (SSSR count). The van der Waals surface area contributed by atoms with Crippen molar-refractivity contribution in [1.29, 1.82) is 0 Å². The SMILES string of the molecule is CCC(C)NCCC(=O)Nc1c(F)cccc1F. The molecular weight excluding hydrogens is 238 g/mol. The second-order valence-corrected chi connectivity index (χ2v) is 4.16. The molecule has 0 saturated carbocycles. The fraction of sp³-hybridized carbons (Fsp3) is 0.462. The van der Waals surface area contributed by atoms with Gasteiger partial charge in [0.2, 0.25) is 5.91 Å². The Balaban J connectivity index is 2.45. The molecule has 0 radical (unpaired) electrons. The summed E-state index contributed by atoms with van der Waals surface area (Å²) in [5.74, 6) is -1.94. The van der Waals surface area contributed by atoms with Gasteiger partial charge >= 0.3 is 0 Å². The van der Waals surface area contributed by atoms with Gasteiger partial charge in [-0.15, -0.1) is 0 Å². The first-order valence-electron chi connectivity index (χ1n) is 6.01. The van der Waals surface area contributed by atoms with E-state index in [0.717, 1.165) is 18.6 Å². The van der Waals surface area contributed by atoms with Crippen LogP contribution in [0.25, 0.3) is 0 Å². The summed E-state index contributed by atoms with van der Waals surface area (Å²) >= 11 is 0. The Morgan fingerprint density at radius 1 is 1.33 bits per heavy atom. The molecule has 1 atom stereocenters. The largest absolute Gasteiger partial charge is 0.321 e. The molecule has 1 aromatic carbocycles. The smallest absolute Gasteiger partial charge is 0.225 e. The fourth-order valence-electron chi connectivity index (χ4n) is 1.40. The summed E-state index contributed by atoms with van der Waals surface area (Å²) in [4.78, 5) is 11.5. The molecule has 0 bridgehead atoms. The first-order valence-corrected chi connectivity index (χ1v) is 6.01. The molecule has 5 heteroatoms. The number of hydrogen-bond donors (Lipinski definition) is 2. The summed E-state index contributed by atoms with van der Waals surface area (Å²) in [6, 6.07) is 3.79. The third-order valence-electron chi connectivity index (χ3n) is 2.68. The zero-order valence-electron chi connectivity index (χ0n) is 10.6. The second-order valence-electron chi connectivity index (χ2n) is 4.16. The minimum Gasteiger partial charge on any atom is -0.321 e. The molecular formula is C13H18F2N2O. The predicted octanol–water partition coefficient (Wildman–Crippen LogP) is 2.68. The molecule has 0 aromatic heterocycles. The lowest BCUT2D eigenvalue weighted by Gasteiger charge is -2.11. The lowest BCUT2D eigenvalue weighted by molar-refractivity contribution is -0.116. The van der Waals surface area contributed by atoms with E-state index in [1.165, 1.54) is 6.07 Å². The fourth-order valence-corrected chi connectivity index (χ4v) is 1.40. The van der Waals surface area contributed by atoms with E-state index in [2.05, 4.69) is 10.6 Å². The van der Waals surface area contributed by atoms with Crippen molar-refractivity contribution < 1.29 is 13.6 Å². The standard InChI is InChI=1S/C13H18F2N2O/c1-3-9(2)16-8-7-12(18)17-13-10(14)5-4-6-11(13)15/h4-6,9,16H,3,7-8H2,1-2H3,(H,17,18). The molecule has 3 nitrogen and oxygen atoms in total. The van der Waals surface area contributed by atoms with Crippen molar-refractivity contribution in [1.82, 2.24) is 5.32 Å². The molecule has 0 heterocycles. The van der Waals surface area contributed by atoms with Gasteiger partial charge in [0.1, 0.15) is 17.3 Å². The van der Waals surface area contributed by atoms with Crippen LogP contribution >= 0.6 is 0 Å². The monoisotopic (exact) mass is 256 g/mol. The maximum absolute atomic E-state index is 13.2. The number of para-hydroxylation sites is 1. The van der Waals surface area contributed by atoms with Crippen LogP contribution in [0.15, 0.2) is 18.2 Å². The Hall–Kier alpha value is -1.49. The van der Waals surface area contributed by atoms with Crippen LogP contribution in [0.2, 0.25) is 0 Å². The van der Waals surface area contributed by atoms with Crippen molar-refractivity contribution in [2.24, 2.45) is 0 Å². The second kappa shape index (κ2) is 7.06. The van der Waals surface area contributed by atoms with Crippen LogP contribution in [0.1, 0.15) is 26.7 Å². The Morgan fingerprint density at radius 3 is 2.50 bits per heavy atom. The van der Waals surface area contributed by atoms with Gasteiger partial charge in [-0.05, 0) is 25.5 Å². The number of anilines is 1. The summed E-state index contributed by atoms with van der Waals surface area (Å²) in [6.45, 7) is 4.53. The van der Waals surface area contributed by atoms with E-state index < -0.39 is 17.5 Å².